The van der Waals surface area contributed by atoms with Gasteiger partial charge in [0.1, 0.15) is 17.6 Å². The van der Waals surface area contributed by atoms with Crippen LogP contribution in [0.3, 0.4) is 0 Å². The lowest BCUT2D eigenvalue weighted by molar-refractivity contribution is 0.479. The Bertz CT molecular complexity index is 635. The van der Waals surface area contributed by atoms with Gasteiger partial charge in [0.2, 0.25) is 0 Å². The van der Waals surface area contributed by atoms with Crippen LogP contribution in [0, 0.1) is 11.3 Å². The number of halogens is 3. The third-order valence-corrected chi connectivity index (χ3v) is 3.95. The minimum Gasteiger partial charge on any atom is -0.456 e. The van der Waals surface area contributed by atoms with Crippen LogP contribution >= 0.6 is 47.8 Å². The maximum atomic E-state index is 8.84. The molecule has 0 aliphatic heterocycles. The highest BCUT2D eigenvalue weighted by Gasteiger charge is 2.05. The number of nitriles is 1. The van der Waals surface area contributed by atoms with E-state index in [-0.39, 0.29) is 0 Å². The Hall–Kier alpha value is -0.830. The topological polar surface area (TPSA) is 33.0 Å². The fraction of sp³-hybridized carbons (Fsp3) is 0. The van der Waals surface area contributed by atoms with Crippen LogP contribution in [0.1, 0.15) is 5.56 Å². The molecule has 0 radical (unpaired) electrons. The predicted octanol–water partition coefficient (Wildman–Crippen LogP) is 5.64. The number of rotatable bonds is 2. The Morgan fingerprint density at radius 2 is 1.72 bits per heavy atom. The smallest absolute Gasteiger partial charge is 0.141 e. The lowest BCUT2D eigenvalue weighted by Crippen LogP contribution is -1.87. The summed E-state index contributed by atoms with van der Waals surface area (Å²) in [5.74, 6) is 1.39. The Balaban J connectivity index is 2.29. The van der Waals surface area contributed by atoms with E-state index in [0.717, 1.165) is 19.2 Å². The fourth-order valence-electron chi connectivity index (χ4n) is 1.33. The number of ether oxygens (including phenoxy) is 1. The van der Waals surface area contributed by atoms with Crippen LogP contribution in [0.2, 0.25) is 0 Å². The molecule has 0 saturated heterocycles. The van der Waals surface area contributed by atoms with E-state index < -0.39 is 0 Å². The lowest BCUT2D eigenvalue weighted by atomic mass is 10.2. The van der Waals surface area contributed by atoms with Crippen molar-refractivity contribution in [2.24, 2.45) is 0 Å². The summed E-state index contributed by atoms with van der Waals surface area (Å²) in [6, 6.07) is 13.0. The minimum absolute atomic E-state index is 0.581. The monoisotopic (exact) mass is 429 g/mol. The van der Waals surface area contributed by atoms with E-state index in [1.165, 1.54) is 0 Å². The molecule has 0 atom stereocenters. The summed E-state index contributed by atoms with van der Waals surface area (Å²) in [7, 11) is 0. The molecule has 2 aromatic carbocycles. The molecule has 90 valence electrons. The van der Waals surface area contributed by atoms with Gasteiger partial charge in [-0.05, 0) is 68.3 Å². The van der Waals surface area contributed by atoms with Gasteiger partial charge in [0.25, 0.3) is 0 Å². The summed E-state index contributed by atoms with van der Waals surface area (Å²) in [6.45, 7) is 0. The molecule has 0 saturated carbocycles. The first-order valence-electron chi connectivity index (χ1n) is 4.92. The summed E-state index contributed by atoms with van der Waals surface area (Å²) in [5, 5.41) is 8.84. The molecule has 0 heterocycles. The van der Waals surface area contributed by atoms with E-state index in [9.17, 15) is 0 Å². The van der Waals surface area contributed by atoms with Gasteiger partial charge in [-0.2, -0.15) is 5.26 Å². The highest BCUT2D eigenvalue weighted by molar-refractivity contribution is 9.11. The van der Waals surface area contributed by atoms with Gasteiger partial charge in [-0.25, -0.2) is 0 Å². The van der Waals surface area contributed by atoms with Crippen LogP contribution in [-0.4, -0.2) is 0 Å². The van der Waals surface area contributed by atoms with E-state index in [4.69, 9.17) is 10.00 Å². The van der Waals surface area contributed by atoms with Crippen molar-refractivity contribution in [3.63, 3.8) is 0 Å². The van der Waals surface area contributed by atoms with Crippen molar-refractivity contribution in [1.29, 1.82) is 5.26 Å². The Morgan fingerprint density at radius 3 is 2.33 bits per heavy atom. The van der Waals surface area contributed by atoms with Crippen molar-refractivity contribution in [2.75, 3.05) is 0 Å². The summed E-state index contributed by atoms with van der Waals surface area (Å²) in [4.78, 5) is 0. The molecule has 0 aliphatic carbocycles. The zero-order valence-corrected chi connectivity index (χ0v) is 13.7. The molecule has 0 N–H and O–H groups in total. The normalized spacial score (nSPS) is 9.89. The van der Waals surface area contributed by atoms with Crippen LogP contribution in [0.25, 0.3) is 0 Å². The number of nitrogens with zero attached hydrogens (tertiary/aromatic N) is 1. The summed E-state index contributed by atoms with van der Waals surface area (Å²) < 4.78 is 8.29. The van der Waals surface area contributed by atoms with Crippen LogP contribution in [0.5, 0.6) is 11.5 Å². The van der Waals surface area contributed by atoms with Crippen LogP contribution < -0.4 is 4.74 Å². The molecule has 0 amide bonds. The first-order valence-corrected chi connectivity index (χ1v) is 7.30. The standard InChI is InChI=1S/C13H6Br3NO/c14-9-2-4-13(12(16)5-9)18-10-3-1-8(7-17)11(15)6-10/h1-6H. The molecular formula is C13H6Br3NO. The van der Waals surface area contributed by atoms with E-state index in [1.54, 1.807) is 18.2 Å². The van der Waals surface area contributed by atoms with Gasteiger partial charge in [0.05, 0.1) is 10.0 Å². The summed E-state index contributed by atoms with van der Waals surface area (Å²) in [6.07, 6.45) is 0. The maximum absolute atomic E-state index is 8.84. The molecule has 5 heteroatoms. The number of hydrogen-bond donors (Lipinski definition) is 0. The molecular weight excluding hydrogens is 426 g/mol. The largest absolute Gasteiger partial charge is 0.456 e. The summed E-state index contributed by atoms with van der Waals surface area (Å²) in [5.41, 5.74) is 0.581. The van der Waals surface area contributed by atoms with Crippen molar-refractivity contribution in [2.45, 2.75) is 0 Å². The van der Waals surface area contributed by atoms with Gasteiger partial charge in [0.15, 0.2) is 0 Å². The first kappa shape index (κ1) is 13.6. The van der Waals surface area contributed by atoms with Gasteiger partial charge >= 0.3 is 0 Å². The summed E-state index contributed by atoms with van der Waals surface area (Å²) >= 11 is 10.1. The predicted molar refractivity (Wildman–Crippen MR) is 80.8 cm³/mol. The maximum Gasteiger partial charge on any atom is 0.141 e. The molecule has 2 nitrogen and oxygen atoms in total. The van der Waals surface area contributed by atoms with Gasteiger partial charge in [-0.15, -0.1) is 0 Å². The molecule has 0 fully saturated rings. The molecule has 2 rings (SSSR count). The lowest BCUT2D eigenvalue weighted by Gasteiger charge is -2.08. The molecule has 2 aromatic rings. The highest BCUT2D eigenvalue weighted by atomic mass is 79.9. The Labute approximate surface area is 130 Å². The van der Waals surface area contributed by atoms with Crippen molar-refractivity contribution in [3.05, 3.63) is 55.4 Å². The van der Waals surface area contributed by atoms with E-state index >= 15 is 0 Å². The second-order valence-corrected chi connectivity index (χ2v) is 6.05. The van der Waals surface area contributed by atoms with E-state index in [2.05, 4.69) is 53.9 Å². The van der Waals surface area contributed by atoms with Gasteiger partial charge in [0, 0.05) is 8.95 Å². The van der Waals surface area contributed by atoms with Crippen molar-refractivity contribution >= 4 is 47.8 Å². The average Bonchev–Trinajstić information content (AvgIpc) is 2.33. The van der Waals surface area contributed by atoms with Crippen LogP contribution in [-0.2, 0) is 0 Å². The SMILES string of the molecule is N#Cc1ccc(Oc2ccc(Br)cc2Br)cc1Br. The van der Waals surface area contributed by atoms with Gasteiger partial charge in [-0.3, -0.25) is 0 Å². The van der Waals surface area contributed by atoms with Gasteiger partial charge in [-0.1, -0.05) is 15.9 Å². The Kier molecular flexibility index (Phi) is 4.44. The fourth-order valence-corrected chi connectivity index (χ4v) is 2.91. The zero-order valence-electron chi connectivity index (χ0n) is 8.95. The number of hydrogen-bond acceptors (Lipinski definition) is 2. The van der Waals surface area contributed by atoms with Crippen molar-refractivity contribution in [3.8, 4) is 17.6 Å². The first-order chi connectivity index (χ1) is 8.60. The quantitative estimate of drug-likeness (QED) is 0.616. The average molecular weight is 432 g/mol. The molecule has 0 aromatic heterocycles. The molecule has 0 bridgehead atoms. The van der Waals surface area contributed by atoms with Crippen LogP contribution in [0.4, 0.5) is 0 Å². The van der Waals surface area contributed by atoms with Gasteiger partial charge < -0.3 is 4.74 Å². The molecule has 0 aliphatic rings. The van der Waals surface area contributed by atoms with Crippen molar-refractivity contribution in [1.82, 2.24) is 0 Å². The van der Waals surface area contributed by atoms with Crippen molar-refractivity contribution < 1.29 is 4.74 Å². The molecule has 0 unspecified atom stereocenters. The molecule has 18 heavy (non-hydrogen) atoms. The van der Waals surface area contributed by atoms with E-state index in [1.807, 2.05) is 18.2 Å². The van der Waals surface area contributed by atoms with E-state index in [0.29, 0.717) is 11.3 Å². The molecule has 0 spiro atoms. The number of benzene rings is 2. The zero-order chi connectivity index (χ0) is 13.1. The Morgan fingerprint density at radius 1 is 0.944 bits per heavy atom. The third-order valence-electron chi connectivity index (χ3n) is 2.18. The van der Waals surface area contributed by atoms with Crippen LogP contribution in [0.15, 0.2) is 49.8 Å². The second kappa shape index (κ2) is 5.87. The minimum atomic E-state index is 0.581. The second-order valence-electron chi connectivity index (χ2n) is 3.43. The highest BCUT2D eigenvalue weighted by Crippen LogP contribution is 2.33. The third kappa shape index (κ3) is 3.14.